The van der Waals surface area contributed by atoms with E-state index >= 15 is 0 Å². The van der Waals surface area contributed by atoms with Gasteiger partial charge in [0.25, 0.3) is 10.0 Å². The lowest BCUT2D eigenvalue weighted by molar-refractivity contribution is -0.136. The summed E-state index contributed by atoms with van der Waals surface area (Å²) in [5.74, 6) is -0.341. The molecule has 0 spiro atoms. The molecule has 3 aromatic rings. The highest BCUT2D eigenvalue weighted by atomic mass is 32.2. The highest BCUT2D eigenvalue weighted by molar-refractivity contribution is 8.16. The van der Waals surface area contributed by atoms with Crippen molar-refractivity contribution in [3.8, 4) is 5.75 Å². The molecule has 1 atom stereocenters. The molecule has 8 heteroatoms. The summed E-state index contributed by atoms with van der Waals surface area (Å²) >= 11 is 0.952. The van der Waals surface area contributed by atoms with E-state index in [1.165, 1.54) is 6.07 Å². The molecule has 1 aliphatic rings. The summed E-state index contributed by atoms with van der Waals surface area (Å²) < 4.78 is 34.0. The van der Waals surface area contributed by atoms with Crippen LogP contribution in [0.4, 0.5) is 0 Å². The quantitative estimate of drug-likeness (QED) is 0.578. The number of hydrogen-bond acceptors (Lipinski definition) is 5. The van der Waals surface area contributed by atoms with Crippen LogP contribution in [0, 0.1) is 0 Å². The van der Waals surface area contributed by atoms with Crippen LogP contribution in [0.3, 0.4) is 0 Å². The van der Waals surface area contributed by atoms with E-state index in [4.69, 9.17) is 4.74 Å². The number of sulfonamides is 1. The van der Waals surface area contributed by atoms with E-state index in [-0.39, 0.29) is 16.4 Å². The number of hydrogen-bond donors (Lipinski definition) is 1. The standard InChI is InChI=1S/C23H19NO5S2/c25-23(26)20(30-22-19-8-4-5-9-21(19)31(27,28)24-22)14-16-10-12-18(13-11-16)29-15-17-6-2-1-3-7-17/h1-13,20H,14-15H2,(H,25,26). The molecule has 0 bridgehead atoms. The average Bonchev–Trinajstić information content (AvgIpc) is 3.03. The van der Waals surface area contributed by atoms with Gasteiger partial charge in [-0.1, -0.05) is 72.4 Å². The van der Waals surface area contributed by atoms with E-state index in [0.29, 0.717) is 17.9 Å². The van der Waals surface area contributed by atoms with Gasteiger partial charge in [-0.25, -0.2) is 0 Å². The zero-order valence-corrected chi connectivity index (χ0v) is 18.0. The lowest BCUT2D eigenvalue weighted by Gasteiger charge is -2.13. The highest BCUT2D eigenvalue weighted by Crippen LogP contribution is 2.33. The van der Waals surface area contributed by atoms with E-state index in [2.05, 4.69) is 4.40 Å². The van der Waals surface area contributed by atoms with Crippen molar-refractivity contribution in [1.29, 1.82) is 0 Å². The number of rotatable bonds is 7. The van der Waals surface area contributed by atoms with Crippen molar-refractivity contribution >= 4 is 32.8 Å². The molecular weight excluding hydrogens is 434 g/mol. The molecule has 6 nitrogen and oxygen atoms in total. The molecule has 1 N–H and O–H groups in total. The zero-order valence-electron chi connectivity index (χ0n) is 16.3. The summed E-state index contributed by atoms with van der Waals surface area (Å²) in [4.78, 5) is 12.0. The maximum absolute atomic E-state index is 12.2. The minimum Gasteiger partial charge on any atom is -0.489 e. The molecule has 158 valence electrons. The fraction of sp³-hybridized carbons (Fsp3) is 0.130. The molecule has 1 aliphatic heterocycles. The molecule has 1 heterocycles. The molecule has 0 saturated heterocycles. The first-order valence-electron chi connectivity index (χ1n) is 9.52. The molecule has 31 heavy (non-hydrogen) atoms. The summed E-state index contributed by atoms with van der Waals surface area (Å²) in [5.41, 5.74) is 2.31. The van der Waals surface area contributed by atoms with Crippen LogP contribution in [0.25, 0.3) is 0 Å². The Morgan fingerprint density at radius 2 is 1.61 bits per heavy atom. The number of nitrogens with zero attached hydrogens (tertiary/aromatic N) is 1. The number of carboxylic acid groups (broad SMARTS) is 1. The summed E-state index contributed by atoms with van der Waals surface area (Å²) in [7, 11) is -3.78. The molecule has 1 unspecified atom stereocenters. The van der Waals surface area contributed by atoms with E-state index in [1.54, 1.807) is 30.3 Å². The van der Waals surface area contributed by atoms with Crippen molar-refractivity contribution in [2.24, 2.45) is 4.40 Å². The maximum atomic E-state index is 12.2. The van der Waals surface area contributed by atoms with Gasteiger partial charge in [0.15, 0.2) is 0 Å². The first-order chi connectivity index (χ1) is 14.9. The topological polar surface area (TPSA) is 93.0 Å². The van der Waals surface area contributed by atoms with Gasteiger partial charge in [-0.3, -0.25) is 4.79 Å². The van der Waals surface area contributed by atoms with Crippen molar-refractivity contribution in [1.82, 2.24) is 0 Å². The molecule has 3 aromatic carbocycles. The third-order valence-electron chi connectivity index (χ3n) is 4.72. The van der Waals surface area contributed by atoms with Gasteiger partial charge >= 0.3 is 5.97 Å². The van der Waals surface area contributed by atoms with Gasteiger partial charge in [-0.2, -0.15) is 12.8 Å². The minimum absolute atomic E-state index is 0.113. The highest BCUT2D eigenvalue weighted by Gasteiger charge is 2.32. The predicted octanol–water partition coefficient (Wildman–Crippen LogP) is 4.14. The molecule has 0 aromatic heterocycles. The first kappa shape index (κ1) is 21.1. The van der Waals surface area contributed by atoms with Gasteiger partial charge in [-0.15, -0.1) is 0 Å². The molecule has 4 rings (SSSR count). The molecule has 0 saturated carbocycles. The summed E-state index contributed by atoms with van der Waals surface area (Å²) in [6, 6.07) is 23.5. The normalized spacial score (nSPS) is 15.0. The maximum Gasteiger partial charge on any atom is 0.317 e. The molecule has 0 fully saturated rings. The number of carbonyl (C=O) groups is 1. The van der Waals surface area contributed by atoms with Crippen LogP contribution in [0.5, 0.6) is 5.75 Å². The number of benzene rings is 3. The summed E-state index contributed by atoms with van der Waals surface area (Å²) in [6.07, 6.45) is 0.222. The molecule has 0 amide bonds. The van der Waals surface area contributed by atoms with Gasteiger partial charge in [0.2, 0.25) is 0 Å². The number of fused-ring (bicyclic) bond motifs is 1. The average molecular weight is 454 g/mol. The van der Waals surface area contributed by atoms with Gasteiger partial charge in [0, 0.05) is 5.56 Å². The van der Waals surface area contributed by atoms with E-state index < -0.39 is 21.2 Å². The Bertz CT molecular complexity index is 1220. The van der Waals surface area contributed by atoms with Crippen LogP contribution in [0.15, 0.2) is 88.2 Å². The van der Waals surface area contributed by atoms with E-state index in [1.807, 2.05) is 42.5 Å². The summed E-state index contributed by atoms with van der Waals surface area (Å²) in [6.45, 7) is 0.446. The van der Waals surface area contributed by atoms with Crippen LogP contribution >= 0.6 is 11.8 Å². The van der Waals surface area contributed by atoms with Gasteiger partial charge in [0.05, 0.1) is 4.90 Å². The number of aliphatic carboxylic acids is 1. The van der Waals surface area contributed by atoms with Gasteiger partial charge < -0.3 is 9.84 Å². The predicted molar refractivity (Wildman–Crippen MR) is 120 cm³/mol. The Morgan fingerprint density at radius 1 is 0.935 bits per heavy atom. The first-order valence-corrected chi connectivity index (χ1v) is 11.8. The van der Waals surface area contributed by atoms with Crippen molar-refractivity contribution < 1.29 is 23.1 Å². The zero-order chi connectivity index (χ0) is 21.8. The number of ether oxygens (including phenoxy) is 1. The smallest absolute Gasteiger partial charge is 0.317 e. The second-order valence-corrected chi connectivity index (χ2v) is 9.70. The Labute approximate surface area is 184 Å². The largest absolute Gasteiger partial charge is 0.489 e. The van der Waals surface area contributed by atoms with Crippen molar-refractivity contribution in [2.75, 3.05) is 0 Å². The molecule has 0 aliphatic carbocycles. The van der Waals surface area contributed by atoms with Crippen LogP contribution in [-0.4, -0.2) is 29.8 Å². The Morgan fingerprint density at radius 3 is 2.32 bits per heavy atom. The van der Waals surface area contributed by atoms with E-state index in [0.717, 1.165) is 22.9 Å². The van der Waals surface area contributed by atoms with Gasteiger partial charge in [0.1, 0.15) is 22.7 Å². The fourth-order valence-corrected chi connectivity index (χ4v) is 5.74. The number of thioether (sulfide) groups is 1. The monoisotopic (exact) mass is 453 g/mol. The number of carboxylic acids is 1. The molecular formula is C23H19NO5S2. The van der Waals surface area contributed by atoms with Crippen molar-refractivity contribution in [3.63, 3.8) is 0 Å². The second-order valence-electron chi connectivity index (χ2n) is 6.93. The summed E-state index contributed by atoms with van der Waals surface area (Å²) in [5, 5.41) is 9.02. The van der Waals surface area contributed by atoms with Crippen LogP contribution in [0.2, 0.25) is 0 Å². The Balaban J connectivity index is 1.44. The fourth-order valence-electron chi connectivity index (χ4n) is 3.15. The Kier molecular flexibility index (Phi) is 6.11. The SMILES string of the molecule is O=C(O)C(Cc1ccc(OCc2ccccc2)cc1)SC1=NS(=O)(=O)c2ccccc21. The Hall–Kier alpha value is -3.10. The van der Waals surface area contributed by atoms with Crippen LogP contribution in [0.1, 0.15) is 16.7 Å². The third-order valence-corrected chi connectivity index (χ3v) is 7.36. The minimum atomic E-state index is -3.78. The van der Waals surface area contributed by atoms with Crippen LogP contribution in [-0.2, 0) is 27.8 Å². The van der Waals surface area contributed by atoms with Gasteiger partial charge in [-0.05, 0) is 35.7 Å². The van der Waals surface area contributed by atoms with Crippen molar-refractivity contribution in [3.05, 3.63) is 95.6 Å². The second kappa shape index (κ2) is 8.95. The van der Waals surface area contributed by atoms with Crippen LogP contribution < -0.4 is 4.74 Å². The van der Waals surface area contributed by atoms with E-state index in [9.17, 15) is 18.3 Å². The molecule has 0 radical (unpaired) electrons. The van der Waals surface area contributed by atoms with Crippen molar-refractivity contribution in [2.45, 2.75) is 23.2 Å². The lowest BCUT2D eigenvalue weighted by atomic mass is 10.1. The third kappa shape index (κ3) is 4.98. The lowest BCUT2D eigenvalue weighted by Crippen LogP contribution is -2.21.